The maximum absolute atomic E-state index is 10.4. The molecule has 1 aromatic rings. The Hall–Kier alpha value is -0.830. The van der Waals surface area contributed by atoms with Crippen LogP contribution in [0.5, 0.6) is 0 Å². The van der Waals surface area contributed by atoms with Gasteiger partial charge in [-0.05, 0) is 18.6 Å². The molecule has 0 aliphatic rings. The van der Waals surface area contributed by atoms with Crippen LogP contribution in [0.25, 0.3) is 0 Å². The number of benzene rings is 1. The molecule has 0 unspecified atom stereocenters. The summed E-state index contributed by atoms with van der Waals surface area (Å²) in [6.07, 6.45) is 0. The Bertz CT molecular complexity index is 294. The molecule has 0 bridgehead atoms. The van der Waals surface area contributed by atoms with E-state index < -0.39 is 10.7 Å². The highest BCUT2D eigenvalue weighted by molar-refractivity contribution is 7.72. The number of thiol groups is 1. The van der Waals surface area contributed by atoms with Gasteiger partial charge in [-0.3, -0.25) is 0 Å². The highest BCUT2D eigenvalue weighted by Gasteiger charge is 1.92. The molecule has 0 spiro atoms. The second kappa shape index (κ2) is 2.84. The van der Waals surface area contributed by atoms with Crippen LogP contribution in [-0.4, -0.2) is 8.42 Å². The van der Waals surface area contributed by atoms with E-state index in [2.05, 4.69) is 6.07 Å². The first kappa shape index (κ1) is 7.28. The molecule has 0 fully saturated rings. The summed E-state index contributed by atoms with van der Waals surface area (Å²) in [4.78, 5) is 0.259. The van der Waals surface area contributed by atoms with Crippen molar-refractivity contribution < 1.29 is 8.42 Å². The lowest BCUT2D eigenvalue weighted by molar-refractivity contribution is 0.614. The SMILES string of the molecule is Cc1cc[c]c([SH](=O)=O)c1. The van der Waals surface area contributed by atoms with Crippen LogP contribution in [0, 0.1) is 13.0 Å². The van der Waals surface area contributed by atoms with Gasteiger partial charge in [-0.25, -0.2) is 8.42 Å². The minimum absolute atomic E-state index is 0.259. The van der Waals surface area contributed by atoms with E-state index in [1.54, 1.807) is 12.1 Å². The van der Waals surface area contributed by atoms with E-state index in [0.717, 1.165) is 5.56 Å². The average Bonchev–Trinajstić information content (AvgIpc) is 1.88. The average molecular weight is 155 g/mol. The lowest BCUT2D eigenvalue weighted by atomic mass is 10.2. The Morgan fingerprint density at radius 3 is 2.60 bits per heavy atom. The fraction of sp³-hybridized carbons (Fsp3) is 0.143. The maximum atomic E-state index is 10.4. The van der Waals surface area contributed by atoms with Gasteiger partial charge in [0.05, 0.1) is 4.90 Å². The van der Waals surface area contributed by atoms with Gasteiger partial charge in [-0.15, -0.1) is 0 Å². The molecule has 0 N–H and O–H groups in total. The predicted molar refractivity (Wildman–Crippen MR) is 38.6 cm³/mol. The third kappa shape index (κ3) is 1.57. The molecule has 3 heteroatoms. The zero-order chi connectivity index (χ0) is 7.56. The van der Waals surface area contributed by atoms with Crippen LogP contribution in [0.2, 0.25) is 0 Å². The molecule has 10 heavy (non-hydrogen) atoms. The van der Waals surface area contributed by atoms with Crippen molar-refractivity contribution in [2.75, 3.05) is 0 Å². The second-order valence-corrected chi connectivity index (χ2v) is 3.00. The summed E-state index contributed by atoms with van der Waals surface area (Å²) >= 11 is 0. The van der Waals surface area contributed by atoms with Gasteiger partial charge in [0.2, 0.25) is 0 Å². The summed E-state index contributed by atoms with van der Waals surface area (Å²) in [7, 11) is -2.47. The van der Waals surface area contributed by atoms with Gasteiger partial charge in [-0.1, -0.05) is 12.1 Å². The maximum Gasteiger partial charge on any atom is 0.168 e. The number of hydrogen-bond donors (Lipinski definition) is 1. The van der Waals surface area contributed by atoms with Crippen molar-refractivity contribution in [1.29, 1.82) is 0 Å². The molecule has 1 rings (SSSR count). The summed E-state index contributed by atoms with van der Waals surface area (Å²) in [6, 6.07) is 7.62. The Morgan fingerprint density at radius 2 is 2.20 bits per heavy atom. The molecule has 0 saturated carbocycles. The third-order valence-corrected chi connectivity index (χ3v) is 1.79. The topological polar surface area (TPSA) is 34.1 Å². The van der Waals surface area contributed by atoms with Crippen molar-refractivity contribution in [3.63, 3.8) is 0 Å². The van der Waals surface area contributed by atoms with Crippen LogP contribution in [0.4, 0.5) is 0 Å². The first-order valence-electron chi connectivity index (χ1n) is 2.83. The van der Waals surface area contributed by atoms with Crippen LogP contribution in [0.1, 0.15) is 5.56 Å². The fourth-order valence-corrected chi connectivity index (χ4v) is 1.16. The van der Waals surface area contributed by atoms with Crippen molar-refractivity contribution in [1.82, 2.24) is 0 Å². The van der Waals surface area contributed by atoms with Gasteiger partial charge in [0, 0.05) is 6.07 Å². The molecule has 0 aliphatic heterocycles. The third-order valence-electron chi connectivity index (χ3n) is 1.14. The van der Waals surface area contributed by atoms with Gasteiger partial charge >= 0.3 is 0 Å². The van der Waals surface area contributed by atoms with Crippen molar-refractivity contribution in [2.45, 2.75) is 11.8 Å². The molecule has 0 heterocycles. The summed E-state index contributed by atoms with van der Waals surface area (Å²) in [5.74, 6) is 0. The smallest absolute Gasteiger partial charge is 0.168 e. The molecular weight excluding hydrogens is 148 g/mol. The quantitative estimate of drug-likeness (QED) is 0.608. The number of aryl methyl sites for hydroxylation is 1. The van der Waals surface area contributed by atoms with Crippen LogP contribution in [0.15, 0.2) is 23.1 Å². The first-order chi connectivity index (χ1) is 4.70. The molecular formula is C7H7O2S. The standard InChI is InChI=1S/C7H7O2S/c1-6-3-2-4-7(5-6)10(8)9/h2-3,5,10H,1H3. The molecule has 2 nitrogen and oxygen atoms in total. The lowest BCUT2D eigenvalue weighted by Crippen LogP contribution is -1.80. The van der Waals surface area contributed by atoms with Crippen molar-refractivity contribution in [2.24, 2.45) is 0 Å². The Morgan fingerprint density at radius 1 is 1.50 bits per heavy atom. The van der Waals surface area contributed by atoms with Gasteiger partial charge in [0.1, 0.15) is 0 Å². The summed E-state index contributed by atoms with van der Waals surface area (Å²) in [5.41, 5.74) is 0.938. The molecule has 0 amide bonds. The van der Waals surface area contributed by atoms with E-state index in [1.165, 1.54) is 0 Å². The van der Waals surface area contributed by atoms with Gasteiger partial charge in [0.15, 0.2) is 10.7 Å². The molecule has 1 radical (unpaired) electrons. The number of rotatable bonds is 1. The monoisotopic (exact) mass is 155 g/mol. The van der Waals surface area contributed by atoms with Gasteiger partial charge in [0.25, 0.3) is 0 Å². The molecule has 0 saturated heterocycles. The van der Waals surface area contributed by atoms with E-state index in [-0.39, 0.29) is 4.90 Å². The van der Waals surface area contributed by atoms with Gasteiger partial charge in [-0.2, -0.15) is 0 Å². The van der Waals surface area contributed by atoms with Gasteiger partial charge < -0.3 is 0 Å². The molecule has 0 atom stereocenters. The lowest BCUT2D eigenvalue weighted by Gasteiger charge is -1.90. The summed E-state index contributed by atoms with van der Waals surface area (Å²) in [5, 5.41) is 0. The summed E-state index contributed by atoms with van der Waals surface area (Å²) < 4.78 is 20.7. The first-order valence-corrected chi connectivity index (χ1v) is 4.00. The number of hydrogen-bond acceptors (Lipinski definition) is 2. The van der Waals surface area contributed by atoms with E-state index >= 15 is 0 Å². The summed E-state index contributed by atoms with van der Waals surface area (Å²) in [6.45, 7) is 1.84. The van der Waals surface area contributed by atoms with Crippen LogP contribution in [0.3, 0.4) is 0 Å². The molecule has 0 aliphatic carbocycles. The molecule has 53 valence electrons. The van der Waals surface area contributed by atoms with E-state index in [9.17, 15) is 8.42 Å². The zero-order valence-electron chi connectivity index (χ0n) is 5.50. The van der Waals surface area contributed by atoms with Crippen LogP contribution < -0.4 is 0 Å². The second-order valence-electron chi connectivity index (χ2n) is 2.01. The Labute approximate surface area is 61.5 Å². The Balaban J connectivity index is 3.19. The van der Waals surface area contributed by atoms with Crippen LogP contribution >= 0.6 is 0 Å². The van der Waals surface area contributed by atoms with E-state index in [1.807, 2.05) is 13.0 Å². The van der Waals surface area contributed by atoms with Crippen molar-refractivity contribution in [3.8, 4) is 0 Å². The van der Waals surface area contributed by atoms with Crippen molar-refractivity contribution >= 4 is 10.7 Å². The van der Waals surface area contributed by atoms with E-state index in [0.29, 0.717) is 0 Å². The minimum atomic E-state index is -2.47. The fourth-order valence-electron chi connectivity index (χ4n) is 0.669. The van der Waals surface area contributed by atoms with Crippen molar-refractivity contribution in [3.05, 3.63) is 29.8 Å². The predicted octanol–water partition coefficient (Wildman–Crippen LogP) is 0.766. The highest BCUT2D eigenvalue weighted by atomic mass is 32.2. The Kier molecular flexibility index (Phi) is 2.06. The highest BCUT2D eigenvalue weighted by Crippen LogP contribution is 2.02. The largest absolute Gasteiger partial charge is 0.227 e. The van der Waals surface area contributed by atoms with Crippen LogP contribution in [-0.2, 0) is 10.7 Å². The zero-order valence-corrected chi connectivity index (χ0v) is 6.39. The molecule has 0 aromatic heterocycles. The van der Waals surface area contributed by atoms with E-state index in [4.69, 9.17) is 0 Å². The normalized spacial score (nSPS) is 10.2. The molecule has 1 aromatic carbocycles. The minimum Gasteiger partial charge on any atom is -0.227 e.